The van der Waals surface area contributed by atoms with E-state index in [4.69, 9.17) is 28.9 Å². The van der Waals surface area contributed by atoms with Crippen LogP contribution in [0, 0.1) is 16.7 Å². The number of rotatable bonds is 2. The fourth-order valence-electron chi connectivity index (χ4n) is 2.42. The van der Waals surface area contributed by atoms with Crippen LogP contribution in [-0.2, 0) is 4.79 Å². The van der Waals surface area contributed by atoms with Gasteiger partial charge < -0.3 is 5.73 Å². The maximum absolute atomic E-state index is 11.4. The molecule has 0 aromatic heterocycles. The SMILES string of the molecule is CC1(C(N)=O)CCC(C(Cl)Cl)C1(C)C. The maximum atomic E-state index is 11.4. The van der Waals surface area contributed by atoms with Crippen molar-refractivity contribution in [3.05, 3.63) is 0 Å². The molecule has 1 fully saturated rings. The molecule has 1 aliphatic carbocycles. The minimum atomic E-state index is -0.486. The highest BCUT2D eigenvalue weighted by Crippen LogP contribution is 2.58. The molecular formula is C10H17Cl2NO. The van der Waals surface area contributed by atoms with Crippen molar-refractivity contribution in [2.75, 3.05) is 0 Å². The largest absolute Gasteiger partial charge is 0.369 e. The van der Waals surface area contributed by atoms with Crippen molar-refractivity contribution in [3.8, 4) is 0 Å². The van der Waals surface area contributed by atoms with Gasteiger partial charge >= 0.3 is 0 Å². The van der Waals surface area contributed by atoms with Gasteiger partial charge in [-0.2, -0.15) is 0 Å². The summed E-state index contributed by atoms with van der Waals surface area (Å²) in [5.74, 6) is -0.109. The topological polar surface area (TPSA) is 43.1 Å². The zero-order chi connectivity index (χ0) is 11.1. The predicted molar refractivity (Wildman–Crippen MR) is 59.3 cm³/mol. The van der Waals surface area contributed by atoms with Gasteiger partial charge in [-0.15, -0.1) is 23.2 Å². The molecule has 0 spiro atoms. The summed E-state index contributed by atoms with van der Waals surface area (Å²) in [6.07, 6.45) is 1.64. The molecule has 0 saturated heterocycles. The van der Waals surface area contributed by atoms with Crippen molar-refractivity contribution in [2.24, 2.45) is 22.5 Å². The lowest BCUT2D eigenvalue weighted by atomic mass is 9.65. The Balaban J connectivity index is 3.02. The summed E-state index contributed by atoms with van der Waals surface area (Å²) >= 11 is 11.8. The van der Waals surface area contributed by atoms with Gasteiger partial charge in [0.15, 0.2) is 0 Å². The Kier molecular flexibility index (Phi) is 3.09. The summed E-state index contributed by atoms with van der Waals surface area (Å²) in [7, 11) is 0. The Labute approximate surface area is 95.1 Å². The third-order valence-corrected chi connectivity index (χ3v) is 4.76. The molecule has 2 atom stereocenters. The van der Waals surface area contributed by atoms with Crippen LogP contribution in [0.1, 0.15) is 33.6 Å². The number of hydrogen-bond donors (Lipinski definition) is 1. The van der Waals surface area contributed by atoms with Gasteiger partial charge in [-0.3, -0.25) is 4.79 Å². The van der Waals surface area contributed by atoms with E-state index in [-0.39, 0.29) is 17.2 Å². The Bertz CT molecular complexity index is 253. The van der Waals surface area contributed by atoms with Crippen molar-refractivity contribution in [2.45, 2.75) is 38.4 Å². The van der Waals surface area contributed by atoms with Gasteiger partial charge in [-0.05, 0) is 24.2 Å². The van der Waals surface area contributed by atoms with Crippen molar-refractivity contribution >= 4 is 29.1 Å². The third kappa shape index (κ3) is 1.53. The fraction of sp³-hybridized carbons (Fsp3) is 0.900. The van der Waals surface area contributed by atoms with Gasteiger partial charge in [0.05, 0.1) is 5.41 Å². The van der Waals surface area contributed by atoms with E-state index in [9.17, 15) is 4.79 Å². The van der Waals surface area contributed by atoms with Crippen LogP contribution in [0.15, 0.2) is 0 Å². The lowest BCUT2D eigenvalue weighted by Gasteiger charge is -2.39. The first-order valence-electron chi connectivity index (χ1n) is 4.81. The molecule has 1 aliphatic rings. The number of amides is 1. The molecule has 0 aliphatic heterocycles. The molecule has 0 bridgehead atoms. The first-order valence-corrected chi connectivity index (χ1v) is 5.69. The summed E-state index contributed by atoms with van der Waals surface area (Å²) in [5.41, 5.74) is 4.73. The van der Waals surface area contributed by atoms with Gasteiger partial charge in [0.2, 0.25) is 5.91 Å². The minimum Gasteiger partial charge on any atom is -0.369 e. The van der Waals surface area contributed by atoms with E-state index in [2.05, 4.69) is 0 Å². The molecule has 1 saturated carbocycles. The molecule has 2 unspecified atom stereocenters. The average molecular weight is 238 g/mol. The van der Waals surface area contributed by atoms with Gasteiger partial charge in [0.1, 0.15) is 4.84 Å². The van der Waals surface area contributed by atoms with E-state index >= 15 is 0 Å². The summed E-state index contributed by atoms with van der Waals surface area (Å²) in [6, 6.07) is 0. The second kappa shape index (κ2) is 3.57. The third-order valence-electron chi connectivity index (χ3n) is 4.15. The van der Waals surface area contributed by atoms with Crippen LogP contribution in [0.5, 0.6) is 0 Å². The molecule has 1 rings (SSSR count). The number of primary amides is 1. The van der Waals surface area contributed by atoms with Crippen molar-refractivity contribution in [3.63, 3.8) is 0 Å². The van der Waals surface area contributed by atoms with Gasteiger partial charge in [0, 0.05) is 0 Å². The van der Waals surface area contributed by atoms with E-state index in [1.807, 2.05) is 20.8 Å². The fourth-order valence-corrected chi connectivity index (χ4v) is 3.30. The molecule has 1 amide bonds. The van der Waals surface area contributed by atoms with Gasteiger partial charge in [-0.1, -0.05) is 20.8 Å². The van der Waals surface area contributed by atoms with Crippen molar-refractivity contribution in [1.82, 2.24) is 0 Å². The van der Waals surface area contributed by atoms with E-state index in [0.29, 0.717) is 0 Å². The van der Waals surface area contributed by atoms with E-state index in [1.54, 1.807) is 0 Å². The zero-order valence-corrected chi connectivity index (χ0v) is 10.3. The van der Waals surface area contributed by atoms with Crippen LogP contribution >= 0.6 is 23.2 Å². The Morgan fingerprint density at radius 2 is 1.93 bits per heavy atom. The number of hydrogen-bond acceptors (Lipinski definition) is 1. The average Bonchev–Trinajstić information content (AvgIpc) is 2.24. The van der Waals surface area contributed by atoms with Gasteiger partial charge in [0.25, 0.3) is 0 Å². The monoisotopic (exact) mass is 237 g/mol. The molecule has 14 heavy (non-hydrogen) atoms. The highest BCUT2D eigenvalue weighted by molar-refractivity contribution is 6.44. The first-order chi connectivity index (χ1) is 6.23. The van der Waals surface area contributed by atoms with Crippen LogP contribution in [0.4, 0.5) is 0 Å². The smallest absolute Gasteiger partial charge is 0.223 e. The van der Waals surface area contributed by atoms with Crippen LogP contribution < -0.4 is 5.73 Å². The van der Waals surface area contributed by atoms with Crippen LogP contribution in [0.3, 0.4) is 0 Å². The number of halogens is 2. The summed E-state index contributed by atoms with van der Waals surface area (Å²) < 4.78 is 0. The number of nitrogens with two attached hydrogens (primary N) is 1. The Hall–Kier alpha value is 0.0500. The zero-order valence-electron chi connectivity index (χ0n) is 8.81. The molecule has 2 nitrogen and oxygen atoms in total. The molecule has 82 valence electrons. The summed E-state index contributed by atoms with van der Waals surface area (Å²) in [6.45, 7) is 5.95. The number of carbonyl (C=O) groups excluding carboxylic acids is 1. The van der Waals surface area contributed by atoms with E-state index in [0.717, 1.165) is 12.8 Å². The summed E-state index contributed by atoms with van der Waals surface area (Å²) in [5, 5.41) is 0. The highest BCUT2D eigenvalue weighted by Gasteiger charge is 2.56. The Morgan fingerprint density at radius 3 is 2.14 bits per heavy atom. The minimum absolute atomic E-state index is 0.142. The molecule has 0 aromatic rings. The molecule has 4 heteroatoms. The first kappa shape index (κ1) is 12.1. The van der Waals surface area contributed by atoms with Crippen LogP contribution in [0.25, 0.3) is 0 Å². The van der Waals surface area contributed by atoms with E-state index < -0.39 is 10.3 Å². The summed E-state index contributed by atoms with van der Waals surface area (Å²) in [4.78, 5) is 11.0. The lowest BCUT2D eigenvalue weighted by Crippen LogP contribution is -2.45. The lowest BCUT2D eigenvalue weighted by molar-refractivity contribution is -0.132. The normalized spacial score (nSPS) is 36.3. The second-order valence-corrected chi connectivity index (χ2v) is 6.06. The molecule has 0 heterocycles. The maximum Gasteiger partial charge on any atom is 0.223 e. The van der Waals surface area contributed by atoms with Crippen LogP contribution in [-0.4, -0.2) is 10.7 Å². The predicted octanol–water partition coefficient (Wildman–Crippen LogP) is 2.72. The molecular weight excluding hydrogens is 221 g/mol. The van der Waals surface area contributed by atoms with Crippen molar-refractivity contribution < 1.29 is 4.79 Å². The molecule has 0 aromatic carbocycles. The molecule has 2 N–H and O–H groups in total. The van der Waals surface area contributed by atoms with E-state index in [1.165, 1.54) is 0 Å². The quantitative estimate of drug-likeness (QED) is 0.738. The van der Waals surface area contributed by atoms with Crippen molar-refractivity contribution in [1.29, 1.82) is 0 Å². The Morgan fingerprint density at radius 1 is 1.43 bits per heavy atom. The number of alkyl halides is 2. The number of carbonyl (C=O) groups is 1. The highest BCUT2D eigenvalue weighted by atomic mass is 35.5. The van der Waals surface area contributed by atoms with Gasteiger partial charge in [-0.25, -0.2) is 0 Å². The standard InChI is InChI=1S/C10H17Cl2NO/c1-9(2)6(7(11)12)4-5-10(9,3)8(13)14/h6-7H,4-5H2,1-3H3,(H2,13,14). The second-order valence-electron chi connectivity index (χ2n) is 4.90. The van der Waals surface area contributed by atoms with Crippen LogP contribution in [0.2, 0.25) is 0 Å². The molecule has 0 radical (unpaired) electrons.